The molecule has 188 valence electrons. The number of nitrogens with two attached hydrogens (primary N) is 1. The van der Waals surface area contributed by atoms with Crippen molar-refractivity contribution in [2.24, 2.45) is 0 Å². The zero-order valence-corrected chi connectivity index (χ0v) is 19.9. The fourth-order valence-electron chi connectivity index (χ4n) is 4.28. The van der Waals surface area contributed by atoms with E-state index in [-0.39, 0.29) is 23.7 Å². The molecule has 0 spiro atoms. The number of carbonyl (C=O) groups excluding carboxylic acids is 2. The number of aromatic nitrogens is 3. The Morgan fingerprint density at radius 1 is 1.11 bits per heavy atom. The molecular formula is C25H29N7O4. The van der Waals surface area contributed by atoms with E-state index >= 15 is 0 Å². The van der Waals surface area contributed by atoms with Gasteiger partial charge in [-0.1, -0.05) is 6.07 Å². The van der Waals surface area contributed by atoms with Crippen LogP contribution in [0.15, 0.2) is 48.5 Å². The van der Waals surface area contributed by atoms with Crippen LogP contribution in [-0.2, 0) is 9.53 Å². The number of morpholine rings is 1. The first-order chi connectivity index (χ1) is 17.6. The predicted octanol–water partition coefficient (Wildman–Crippen LogP) is 2.13. The van der Waals surface area contributed by atoms with Gasteiger partial charge in [-0.3, -0.25) is 9.59 Å². The predicted molar refractivity (Wildman–Crippen MR) is 135 cm³/mol. The van der Waals surface area contributed by atoms with Crippen LogP contribution in [0.5, 0.6) is 5.75 Å². The summed E-state index contributed by atoms with van der Waals surface area (Å²) < 4.78 is 12.2. The third-order valence-electron chi connectivity index (χ3n) is 6.21. The zero-order valence-electron chi connectivity index (χ0n) is 19.9. The minimum atomic E-state index is -0.358. The minimum absolute atomic E-state index is 0.00399. The van der Waals surface area contributed by atoms with Gasteiger partial charge in [-0.15, -0.1) is 5.10 Å². The van der Waals surface area contributed by atoms with Crippen molar-refractivity contribution in [1.82, 2.24) is 19.7 Å². The topological polar surface area (TPSA) is 128 Å². The maximum atomic E-state index is 13.1. The molecule has 11 heteroatoms. The molecule has 3 heterocycles. The molecule has 11 nitrogen and oxygen atoms in total. The van der Waals surface area contributed by atoms with Gasteiger partial charge in [-0.05, 0) is 48.9 Å². The third-order valence-corrected chi connectivity index (χ3v) is 6.21. The Bertz CT molecular complexity index is 1220. The third kappa shape index (κ3) is 5.41. The molecule has 0 saturated carbocycles. The molecule has 3 aromatic rings. The lowest BCUT2D eigenvalue weighted by molar-refractivity contribution is -0.128. The highest BCUT2D eigenvalue weighted by molar-refractivity contribution is 5.97. The van der Waals surface area contributed by atoms with Crippen LogP contribution in [0.25, 0.3) is 0 Å². The van der Waals surface area contributed by atoms with Crippen molar-refractivity contribution >= 4 is 35.1 Å². The van der Waals surface area contributed by atoms with Crippen molar-refractivity contribution in [3.63, 3.8) is 0 Å². The molecule has 2 saturated heterocycles. The first-order valence-electron chi connectivity index (χ1n) is 12.0. The van der Waals surface area contributed by atoms with Gasteiger partial charge < -0.3 is 30.3 Å². The molecule has 5 rings (SSSR count). The van der Waals surface area contributed by atoms with E-state index < -0.39 is 0 Å². The highest BCUT2D eigenvalue weighted by Gasteiger charge is 2.20. The maximum absolute atomic E-state index is 13.1. The molecule has 2 aliphatic rings. The quantitative estimate of drug-likeness (QED) is 0.487. The standard InChI is InChI=1S/C25H29N7O4/c26-24-28-25(27-19-6-8-21(9-7-19)36-16-13-31-10-2-5-22(31)33)29-32(24)23(34)18-3-1-4-20(17-18)30-11-14-35-15-12-30/h1,3-4,6-9,17H,2,5,10-16H2,(H3,26,27,28,29). The van der Waals surface area contributed by atoms with Crippen molar-refractivity contribution in [2.75, 3.05) is 62.0 Å². The van der Waals surface area contributed by atoms with Gasteiger partial charge in [0.05, 0.1) is 19.8 Å². The largest absolute Gasteiger partial charge is 0.492 e. The van der Waals surface area contributed by atoms with Crippen LogP contribution in [0, 0.1) is 0 Å². The van der Waals surface area contributed by atoms with E-state index in [1.165, 1.54) is 0 Å². The Balaban J connectivity index is 1.19. The number of hydrogen-bond donors (Lipinski definition) is 2. The zero-order chi connectivity index (χ0) is 24.9. The average Bonchev–Trinajstić information content (AvgIpc) is 3.49. The van der Waals surface area contributed by atoms with Crippen LogP contribution in [-0.4, -0.2) is 77.5 Å². The molecule has 3 N–H and O–H groups in total. The van der Waals surface area contributed by atoms with Gasteiger partial charge in [-0.25, -0.2) is 0 Å². The van der Waals surface area contributed by atoms with Crippen molar-refractivity contribution in [1.29, 1.82) is 0 Å². The van der Waals surface area contributed by atoms with Gasteiger partial charge in [0.15, 0.2) is 0 Å². The van der Waals surface area contributed by atoms with Crippen LogP contribution >= 0.6 is 0 Å². The number of likely N-dealkylation sites (tertiary alicyclic amines) is 1. The molecule has 1 aromatic heterocycles. The molecule has 0 aliphatic carbocycles. The Morgan fingerprint density at radius 2 is 1.92 bits per heavy atom. The van der Waals surface area contributed by atoms with Crippen LogP contribution in [0.4, 0.5) is 23.3 Å². The Morgan fingerprint density at radius 3 is 2.67 bits per heavy atom. The monoisotopic (exact) mass is 491 g/mol. The van der Waals surface area contributed by atoms with E-state index in [2.05, 4.69) is 20.3 Å². The average molecular weight is 492 g/mol. The highest BCUT2D eigenvalue weighted by atomic mass is 16.5. The van der Waals surface area contributed by atoms with Gasteiger partial charge in [0.1, 0.15) is 12.4 Å². The van der Waals surface area contributed by atoms with Gasteiger partial charge in [0.25, 0.3) is 5.91 Å². The summed E-state index contributed by atoms with van der Waals surface area (Å²) in [4.78, 5) is 33.0. The number of ether oxygens (including phenoxy) is 2. The molecule has 0 radical (unpaired) electrons. The van der Waals surface area contributed by atoms with E-state index in [0.29, 0.717) is 44.1 Å². The molecule has 2 fully saturated rings. The summed E-state index contributed by atoms with van der Waals surface area (Å²) in [5, 5.41) is 7.33. The Kier molecular flexibility index (Phi) is 6.99. The van der Waals surface area contributed by atoms with Gasteiger partial charge in [-0.2, -0.15) is 9.67 Å². The number of nitrogens with zero attached hydrogens (tertiary/aromatic N) is 5. The molecule has 0 unspecified atom stereocenters. The first kappa shape index (κ1) is 23.6. The number of nitrogen functional groups attached to an aromatic ring is 1. The number of benzene rings is 2. The van der Waals surface area contributed by atoms with E-state index in [1.807, 2.05) is 47.4 Å². The molecule has 0 atom stereocenters. The second-order valence-corrected chi connectivity index (χ2v) is 8.64. The van der Waals surface area contributed by atoms with Crippen LogP contribution in [0.1, 0.15) is 23.2 Å². The van der Waals surface area contributed by atoms with Crippen LogP contribution in [0.3, 0.4) is 0 Å². The summed E-state index contributed by atoms with van der Waals surface area (Å²) in [6.45, 7) is 4.71. The second-order valence-electron chi connectivity index (χ2n) is 8.64. The summed E-state index contributed by atoms with van der Waals surface area (Å²) in [7, 11) is 0. The number of amides is 1. The number of hydrogen-bond acceptors (Lipinski definition) is 9. The summed E-state index contributed by atoms with van der Waals surface area (Å²) >= 11 is 0. The van der Waals surface area contributed by atoms with Crippen molar-refractivity contribution < 1.29 is 19.1 Å². The van der Waals surface area contributed by atoms with Gasteiger partial charge >= 0.3 is 0 Å². The van der Waals surface area contributed by atoms with Crippen molar-refractivity contribution in [3.8, 4) is 5.75 Å². The number of nitrogens with one attached hydrogen (secondary N) is 1. The minimum Gasteiger partial charge on any atom is -0.492 e. The van der Waals surface area contributed by atoms with E-state index in [0.717, 1.165) is 42.1 Å². The molecular weight excluding hydrogens is 462 g/mol. The number of anilines is 4. The molecule has 1 amide bonds. The fraction of sp³-hybridized carbons (Fsp3) is 0.360. The van der Waals surface area contributed by atoms with Crippen LogP contribution < -0.4 is 20.7 Å². The van der Waals surface area contributed by atoms with E-state index in [9.17, 15) is 9.59 Å². The summed E-state index contributed by atoms with van der Waals surface area (Å²) in [6.07, 6.45) is 1.54. The van der Waals surface area contributed by atoms with Gasteiger partial charge in [0.2, 0.25) is 17.8 Å². The molecule has 0 bridgehead atoms. The van der Waals surface area contributed by atoms with E-state index in [4.69, 9.17) is 15.2 Å². The fourth-order valence-corrected chi connectivity index (χ4v) is 4.28. The normalized spacial score (nSPS) is 15.8. The Hall–Kier alpha value is -4.12. The smallest absolute Gasteiger partial charge is 0.281 e. The maximum Gasteiger partial charge on any atom is 0.281 e. The SMILES string of the molecule is Nc1nc(Nc2ccc(OCCN3CCCC3=O)cc2)nn1C(=O)c1cccc(N2CCOCC2)c1. The number of carbonyl (C=O) groups is 2. The van der Waals surface area contributed by atoms with Crippen LogP contribution in [0.2, 0.25) is 0 Å². The second kappa shape index (κ2) is 10.6. The molecule has 36 heavy (non-hydrogen) atoms. The molecule has 2 aliphatic heterocycles. The summed E-state index contributed by atoms with van der Waals surface area (Å²) in [5.41, 5.74) is 8.15. The lowest BCUT2D eigenvalue weighted by Crippen LogP contribution is -2.36. The lowest BCUT2D eigenvalue weighted by Gasteiger charge is -2.29. The lowest BCUT2D eigenvalue weighted by atomic mass is 10.1. The van der Waals surface area contributed by atoms with Crippen molar-refractivity contribution in [3.05, 3.63) is 54.1 Å². The first-order valence-corrected chi connectivity index (χ1v) is 12.0. The highest BCUT2D eigenvalue weighted by Crippen LogP contribution is 2.21. The summed E-state index contributed by atoms with van der Waals surface area (Å²) in [5.74, 6) is 0.735. The molecule has 2 aromatic carbocycles. The summed E-state index contributed by atoms with van der Waals surface area (Å²) in [6, 6.07) is 14.7. The van der Waals surface area contributed by atoms with E-state index in [1.54, 1.807) is 6.07 Å². The van der Waals surface area contributed by atoms with Gasteiger partial charge in [0, 0.05) is 43.0 Å². The number of rotatable bonds is 8. The Labute approximate surface area is 208 Å². The van der Waals surface area contributed by atoms with Crippen molar-refractivity contribution in [2.45, 2.75) is 12.8 Å².